The number of methoxy groups -OCH3 is 1. The SMILES string of the molecule is COc1cc(C(C)NC(=O)Cc2ccccc2C(=O)O)ccc1OC(C)C. The van der Waals surface area contributed by atoms with Gasteiger partial charge < -0.3 is 19.9 Å². The molecule has 1 atom stereocenters. The lowest BCUT2D eigenvalue weighted by Gasteiger charge is -2.18. The molecule has 0 fully saturated rings. The van der Waals surface area contributed by atoms with Crippen molar-refractivity contribution in [2.24, 2.45) is 0 Å². The Morgan fingerprint density at radius 3 is 2.41 bits per heavy atom. The average molecular weight is 371 g/mol. The Kier molecular flexibility index (Phi) is 6.82. The smallest absolute Gasteiger partial charge is 0.335 e. The largest absolute Gasteiger partial charge is 0.493 e. The summed E-state index contributed by atoms with van der Waals surface area (Å²) in [5.74, 6) is -0.0571. The number of benzene rings is 2. The maximum Gasteiger partial charge on any atom is 0.335 e. The number of nitrogens with one attached hydrogen (secondary N) is 1. The normalized spacial score (nSPS) is 11.7. The Balaban J connectivity index is 2.09. The topological polar surface area (TPSA) is 84.9 Å². The fraction of sp³-hybridized carbons (Fsp3) is 0.333. The van der Waals surface area contributed by atoms with Gasteiger partial charge >= 0.3 is 5.97 Å². The fourth-order valence-corrected chi connectivity index (χ4v) is 2.74. The summed E-state index contributed by atoms with van der Waals surface area (Å²) in [6.45, 7) is 5.73. The first-order chi connectivity index (χ1) is 12.8. The second kappa shape index (κ2) is 9.07. The summed E-state index contributed by atoms with van der Waals surface area (Å²) in [5.41, 5.74) is 1.48. The predicted octanol–water partition coefficient (Wildman–Crippen LogP) is 3.60. The third-order valence-corrected chi connectivity index (χ3v) is 4.03. The first kappa shape index (κ1) is 20.3. The minimum Gasteiger partial charge on any atom is -0.493 e. The number of carbonyl (C=O) groups is 2. The Bertz CT molecular complexity index is 816. The molecule has 27 heavy (non-hydrogen) atoms. The van der Waals surface area contributed by atoms with Crippen LogP contribution in [0.15, 0.2) is 42.5 Å². The third-order valence-electron chi connectivity index (χ3n) is 4.03. The minimum atomic E-state index is -1.04. The molecule has 6 heteroatoms. The van der Waals surface area contributed by atoms with E-state index in [9.17, 15) is 14.7 Å². The molecule has 0 bridgehead atoms. The zero-order valence-corrected chi connectivity index (χ0v) is 16.0. The van der Waals surface area contributed by atoms with Gasteiger partial charge in [0.25, 0.3) is 0 Å². The van der Waals surface area contributed by atoms with Crippen LogP contribution in [0.1, 0.15) is 48.3 Å². The van der Waals surface area contributed by atoms with Gasteiger partial charge in [-0.3, -0.25) is 4.79 Å². The highest BCUT2D eigenvalue weighted by Crippen LogP contribution is 2.31. The Labute approximate surface area is 159 Å². The van der Waals surface area contributed by atoms with Crippen LogP contribution in [0.3, 0.4) is 0 Å². The number of carboxylic acids is 1. The zero-order valence-electron chi connectivity index (χ0n) is 16.0. The van der Waals surface area contributed by atoms with Crippen LogP contribution in [0.2, 0.25) is 0 Å². The average Bonchev–Trinajstić information content (AvgIpc) is 2.61. The van der Waals surface area contributed by atoms with Crippen LogP contribution >= 0.6 is 0 Å². The highest BCUT2D eigenvalue weighted by atomic mass is 16.5. The Morgan fingerprint density at radius 1 is 1.07 bits per heavy atom. The van der Waals surface area contributed by atoms with Crippen LogP contribution in [0.4, 0.5) is 0 Å². The predicted molar refractivity (Wildman–Crippen MR) is 102 cm³/mol. The zero-order chi connectivity index (χ0) is 20.0. The molecule has 0 spiro atoms. The molecule has 2 N–H and O–H groups in total. The van der Waals surface area contributed by atoms with Crippen LogP contribution in [0.25, 0.3) is 0 Å². The van der Waals surface area contributed by atoms with E-state index in [1.54, 1.807) is 25.3 Å². The van der Waals surface area contributed by atoms with Gasteiger partial charge in [0.05, 0.1) is 31.2 Å². The molecule has 6 nitrogen and oxygen atoms in total. The lowest BCUT2D eigenvalue weighted by atomic mass is 10.0. The van der Waals surface area contributed by atoms with Crippen LogP contribution in [-0.2, 0) is 11.2 Å². The van der Waals surface area contributed by atoms with Crippen molar-refractivity contribution in [2.75, 3.05) is 7.11 Å². The monoisotopic (exact) mass is 371 g/mol. The number of carbonyl (C=O) groups excluding carboxylic acids is 1. The molecule has 144 valence electrons. The van der Waals surface area contributed by atoms with Crippen molar-refractivity contribution in [1.82, 2.24) is 5.32 Å². The fourth-order valence-electron chi connectivity index (χ4n) is 2.74. The number of hydrogen-bond donors (Lipinski definition) is 2. The first-order valence-corrected chi connectivity index (χ1v) is 8.77. The van der Waals surface area contributed by atoms with Crippen molar-refractivity contribution < 1.29 is 24.2 Å². The molecule has 0 heterocycles. The molecule has 0 aliphatic carbocycles. The molecule has 2 aromatic rings. The van der Waals surface area contributed by atoms with E-state index < -0.39 is 5.97 Å². The highest BCUT2D eigenvalue weighted by molar-refractivity contribution is 5.91. The molecule has 0 saturated heterocycles. The van der Waals surface area contributed by atoms with Crippen LogP contribution in [0.5, 0.6) is 11.5 Å². The van der Waals surface area contributed by atoms with E-state index in [0.29, 0.717) is 17.1 Å². The van der Waals surface area contributed by atoms with Gasteiger partial charge in [-0.1, -0.05) is 24.3 Å². The van der Waals surface area contributed by atoms with Crippen LogP contribution in [-0.4, -0.2) is 30.2 Å². The summed E-state index contributed by atoms with van der Waals surface area (Å²) >= 11 is 0. The molecule has 0 radical (unpaired) electrons. The van der Waals surface area contributed by atoms with Crippen molar-refractivity contribution in [3.05, 3.63) is 59.2 Å². The van der Waals surface area contributed by atoms with E-state index in [4.69, 9.17) is 9.47 Å². The van der Waals surface area contributed by atoms with E-state index in [1.807, 2.05) is 39.0 Å². The number of amides is 1. The van der Waals surface area contributed by atoms with Crippen molar-refractivity contribution in [2.45, 2.75) is 39.3 Å². The van der Waals surface area contributed by atoms with Gasteiger partial charge in [0.1, 0.15) is 0 Å². The van der Waals surface area contributed by atoms with Crippen molar-refractivity contribution >= 4 is 11.9 Å². The Hall–Kier alpha value is -3.02. The minimum absolute atomic E-state index is 0.00150. The van der Waals surface area contributed by atoms with Crippen LogP contribution in [0, 0.1) is 0 Å². The van der Waals surface area contributed by atoms with Gasteiger partial charge in [-0.25, -0.2) is 4.79 Å². The molecule has 0 aliphatic heterocycles. The molecule has 0 saturated carbocycles. The molecule has 1 amide bonds. The van der Waals surface area contributed by atoms with Crippen molar-refractivity contribution in [3.8, 4) is 11.5 Å². The number of hydrogen-bond acceptors (Lipinski definition) is 4. The summed E-state index contributed by atoms with van der Waals surface area (Å²) in [7, 11) is 1.57. The van der Waals surface area contributed by atoms with Gasteiger partial charge in [-0.05, 0) is 50.1 Å². The first-order valence-electron chi connectivity index (χ1n) is 8.77. The summed E-state index contributed by atoms with van der Waals surface area (Å²) < 4.78 is 11.1. The van der Waals surface area contributed by atoms with Crippen molar-refractivity contribution in [3.63, 3.8) is 0 Å². The summed E-state index contributed by atoms with van der Waals surface area (Å²) in [4.78, 5) is 23.6. The van der Waals surface area contributed by atoms with E-state index in [-0.39, 0.29) is 30.0 Å². The lowest BCUT2D eigenvalue weighted by Crippen LogP contribution is -2.28. The molecule has 1 unspecified atom stereocenters. The van der Waals surface area contributed by atoms with E-state index in [1.165, 1.54) is 6.07 Å². The highest BCUT2D eigenvalue weighted by Gasteiger charge is 2.16. The molecule has 2 aromatic carbocycles. The molecule has 0 aliphatic rings. The Morgan fingerprint density at radius 2 is 1.78 bits per heavy atom. The van der Waals surface area contributed by atoms with E-state index >= 15 is 0 Å². The number of carboxylic acid groups (broad SMARTS) is 1. The van der Waals surface area contributed by atoms with E-state index in [0.717, 1.165) is 5.56 Å². The number of ether oxygens (including phenoxy) is 2. The molecule has 0 aromatic heterocycles. The van der Waals surface area contributed by atoms with Gasteiger partial charge in [-0.2, -0.15) is 0 Å². The third kappa shape index (κ3) is 5.48. The number of aromatic carboxylic acids is 1. The van der Waals surface area contributed by atoms with Crippen LogP contribution < -0.4 is 14.8 Å². The quantitative estimate of drug-likeness (QED) is 0.741. The van der Waals surface area contributed by atoms with E-state index in [2.05, 4.69) is 5.32 Å². The van der Waals surface area contributed by atoms with Gasteiger partial charge in [0, 0.05) is 0 Å². The molecular formula is C21H25NO5. The van der Waals surface area contributed by atoms with Gasteiger partial charge in [0.2, 0.25) is 5.91 Å². The number of rotatable bonds is 8. The summed E-state index contributed by atoms with van der Waals surface area (Å²) in [6.07, 6.45) is 0.0227. The second-order valence-corrected chi connectivity index (χ2v) is 6.51. The van der Waals surface area contributed by atoms with Gasteiger partial charge in [-0.15, -0.1) is 0 Å². The maximum absolute atomic E-state index is 12.4. The van der Waals surface area contributed by atoms with Crippen molar-refractivity contribution in [1.29, 1.82) is 0 Å². The second-order valence-electron chi connectivity index (χ2n) is 6.51. The molecule has 2 rings (SSSR count). The van der Waals surface area contributed by atoms with Gasteiger partial charge in [0.15, 0.2) is 11.5 Å². The summed E-state index contributed by atoms with van der Waals surface area (Å²) in [6, 6.07) is 11.7. The standard InChI is InChI=1S/C21H25NO5/c1-13(2)27-18-10-9-15(11-19(18)26-4)14(3)22-20(23)12-16-7-5-6-8-17(16)21(24)25/h5-11,13-14H,12H2,1-4H3,(H,22,23)(H,24,25). The maximum atomic E-state index is 12.4. The summed E-state index contributed by atoms with van der Waals surface area (Å²) in [5, 5.41) is 12.1. The lowest BCUT2D eigenvalue weighted by molar-refractivity contribution is -0.121. The molecular weight excluding hydrogens is 346 g/mol.